The molecule has 7 nitrogen and oxygen atoms in total. The smallest absolute Gasteiger partial charge is 0.339 e. The minimum absolute atomic E-state index is 0.0819. The topological polar surface area (TPSA) is 110 Å². The third-order valence-corrected chi connectivity index (χ3v) is 3.51. The Hall–Kier alpha value is -1.17. The number of unbranched alkanes of at least 4 members (excludes halogenated alkanes) is 2. The molecule has 0 aromatic rings. The molecule has 0 bridgehead atoms. The first-order chi connectivity index (χ1) is 8.79. The molecule has 0 aliphatic heterocycles. The SMILES string of the molecule is C=CC(=O)OCCCCCOC(=O)C(C)P(=O)(O)O. The van der Waals surface area contributed by atoms with Gasteiger partial charge in [-0.2, -0.15) is 0 Å². The number of esters is 2. The van der Waals surface area contributed by atoms with E-state index in [0.717, 1.165) is 13.0 Å². The number of ether oxygens (including phenoxy) is 2. The molecule has 0 saturated carbocycles. The Bertz CT molecular complexity index is 360. The van der Waals surface area contributed by atoms with E-state index in [-0.39, 0.29) is 13.2 Å². The highest BCUT2D eigenvalue weighted by atomic mass is 31.2. The molecule has 0 radical (unpaired) electrons. The highest BCUT2D eigenvalue weighted by Crippen LogP contribution is 2.41. The van der Waals surface area contributed by atoms with E-state index >= 15 is 0 Å². The minimum Gasteiger partial charge on any atom is -0.465 e. The second kappa shape index (κ2) is 8.85. The van der Waals surface area contributed by atoms with Gasteiger partial charge in [-0.05, 0) is 26.2 Å². The monoisotopic (exact) mass is 294 g/mol. The quantitative estimate of drug-likeness (QED) is 0.282. The van der Waals surface area contributed by atoms with E-state index in [9.17, 15) is 14.2 Å². The largest absolute Gasteiger partial charge is 0.465 e. The predicted molar refractivity (Wildman–Crippen MR) is 67.5 cm³/mol. The molecule has 0 spiro atoms. The fraction of sp³-hybridized carbons (Fsp3) is 0.636. The first-order valence-corrected chi connectivity index (χ1v) is 7.48. The third-order valence-electron chi connectivity index (χ3n) is 2.29. The van der Waals surface area contributed by atoms with Gasteiger partial charge in [-0.1, -0.05) is 6.58 Å². The van der Waals surface area contributed by atoms with Crippen LogP contribution in [0.1, 0.15) is 26.2 Å². The lowest BCUT2D eigenvalue weighted by Gasteiger charge is -2.12. The molecular weight excluding hydrogens is 275 g/mol. The molecule has 1 atom stereocenters. The lowest BCUT2D eigenvalue weighted by molar-refractivity contribution is -0.143. The van der Waals surface area contributed by atoms with E-state index in [2.05, 4.69) is 6.58 Å². The van der Waals surface area contributed by atoms with Crippen molar-refractivity contribution in [3.8, 4) is 0 Å². The summed E-state index contributed by atoms with van der Waals surface area (Å²) in [6.45, 7) is 4.72. The molecule has 0 aromatic heterocycles. The molecule has 0 aromatic carbocycles. The maximum atomic E-state index is 11.2. The van der Waals surface area contributed by atoms with E-state index in [0.29, 0.717) is 19.3 Å². The molecule has 8 heteroatoms. The summed E-state index contributed by atoms with van der Waals surface area (Å²) in [5, 5.41) is 0. The van der Waals surface area contributed by atoms with Crippen LogP contribution in [0.15, 0.2) is 12.7 Å². The van der Waals surface area contributed by atoms with E-state index < -0.39 is 25.2 Å². The van der Waals surface area contributed by atoms with Gasteiger partial charge in [-0.3, -0.25) is 9.36 Å². The summed E-state index contributed by atoms with van der Waals surface area (Å²) >= 11 is 0. The zero-order chi connectivity index (χ0) is 14.9. The van der Waals surface area contributed by atoms with Gasteiger partial charge in [0.05, 0.1) is 13.2 Å². The van der Waals surface area contributed by atoms with Gasteiger partial charge >= 0.3 is 19.5 Å². The van der Waals surface area contributed by atoms with E-state index in [4.69, 9.17) is 19.3 Å². The van der Waals surface area contributed by atoms with Crippen LogP contribution in [0.2, 0.25) is 0 Å². The van der Waals surface area contributed by atoms with Crippen LogP contribution in [0.3, 0.4) is 0 Å². The Morgan fingerprint density at radius 1 is 1.21 bits per heavy atom. The summed E-state index contributed by atoms with van der Waals surface area (Å²) in [5.74, 6) is -1.40. The van der Waals surface area contributed by atoms with Gasteiger partial charge in [0.25, 0.3) is 0 Å². The normalized spacial score (nSPS) is 12.6. The first kappa shape index (κ1) is 17.8. The standard InChI is InChI=1S/C11H19O7P/c1-3-10(12)17-7-5-4-6-8-18-11(13)9(2)19(14,15)16/h3,9H,1,4-8H2,2H3,(H2,14,15,16). The van der Waals surface area contributed by atoms with Gasteiger partial charge in [-0.25, -0.2) is 4.79 Å². The molecule has 0 fully saturated rings. The Kier molecular flexibility index (Phi) is 8.30. The Balaban J connectivity index is 3.60. The number of carbonyl (C=O) groups excluding carboxylic acids is 2. The van der Waals surface area contributed by atoms with Crippen LogP contribution in [0.25, 0.3) is 0 Å². The summed E-state index contributed by atoms with van der Waals surface area (Å²) in [7, 11) is -4.44. The first-order valence-electron chi connectivity index (χ1n) is 5.80. The molecule has 19 heavy (non-hydrogen) atoms. The number of carbonyl (C=O) groups is 2. The van der Waals surface area contributed by atoms with Crippen LogP contribution in [-0.2, 0) is 23.6 Å². The van der Waals surface area contributed by atoms with Crippen molar-refractivity contribution in [3.05, 3.63) is 12.7 Å². The Labute approximate surface area is 111 Å². The van der Waals surface area contributed by atoms with Crippen molar-refractivity contribution in [2.45, 2.75) is 31.8 Å². The summed E-state index contributed by atoms with van der Waals surface area (Å²) < 4.78 is 20.2. The average molecular weight is 294 g/mol. The van der Waals surface area contributed by atoms with Gasteiger partial charge in [0, 0.05) is 6.08 Å². The summed E-state index contributed by atoms with van der Waals surface area (Å²) in [4.78, 5) is 39.4. The fourth-order valence-electron chi connectivity index (χ4n) is 1.04. The van der Waals surface area contributed by atoms with E-state index in [1.807, 2.05) is 0 Å². The molecule has 0 heterocycles. The molecule has 1 unspecified atom stereocenters. The van der Waals surface area contributed by atoms with Crippen molar-refractivity contribution in [1.82, 2.24) is 0 Å². The Morgan fingerprint density at radius 3 is 2.21 bits per heavy atom. The Morgan fingerprint density at radius 2 is 1.74 bits per heavy atom. The van der Waals surface area contributed by atoms with Crippen molar-refractivity contribution in [2.24, 2.45) is 0 Å². The third kappa shape index (κ3) is 8.53. The summed E-state index contributed by atoms with van der Waals surface area (Å²) in [5.41, 5.74) is -1.44. The molecule has 2 N–H and O–H groups in total. The number of hydrogen-bond donors (Lipinski definition) is 2. The van der Waals surface area contributed by atoms with Crippen molar-refractivity contribution < 1.29 is 33.4 Å². The molecular formula is C11H19O7P. The van der Waals surface area contributed by atoms with Crippen LogP contribution < -0.4 is 0 Å². The fourth-order valence-corrected chi connectivity index (χ4v) is 1.39. The highest BCUT2D eigenvalue weighted by Gasteiger charge is 2.32. The lowest BCUT2D eigenvalue weighted by Crippen LogP contribution is -2.20. The van der Waals surface area contributed by atoms with E-state index in [1.165, 1.54) is 0 Å². The van der Waals surface area contributed by atoms with Gasteiger partial charge in [0.15, 0.2) is 5.66 Å². The maximum absolute atomic E-state index is 11.2. The van der Waals surface area contributed by atoms with Crippen molar-refractivity contribution in [1.29, 1.82) is 0 Å². The minimum atomic E-state index is -4.44. The molecule has 0 rings (SSSR count). The van der Waals surface area contributed by atoms with Gasteiger partial charge in [0.2, 0.25) is 0 Å². The average Bonchev–Trinajstić information content (AvgIpc) is 2.34. The predicted octanol–water partition coefficient (Wildman–Crippen LogP) is 0.995. The number of rotatable bonds is 9. The van der Waals surface area contributed by atoms with Crippen LogP contribution in [0.4, 0.5) is 0 Å². The zero-order valence-electron chi connectivity index (χ0n) is 10.8. The zero-order valence-corrected chi connectivity index (χ0v) is 11.7. The highest BCUT2D eigenvalue weighted by molar-refractivity contribution is 7.53. The van der Waals surface area contributed by atoms with Crippen molar-refractivity contribution in [3.63, 3.8) is 0 Å². The lowest BCUT2D eigenvalue weighted by atomic mass is 10.2. The van der Waals surface area contributed by atoms with Crippen LogP contribution in [0, 0.1) is 0 Å². The molecule has 0 aliphatic carbocycles. The maximum Gasteiger partial charge on any atom is 0.339 e. The summed E-state index contributed by atoms with van der Waals surface area (Å²) in [6.07, 6.45) is 2.89. The molecule has 0 aliphatic rings. The van der Waals surface area contributed by atoms with Gasteiger partial charge in [-0.15, -0.1) is 0 Å². The molecule has 110 valence electrons. The van der Waals surface area contributed by atoms with Gasteiger partial charge < -0.3 is 19.3 Å². The number of hydrogen-bond acceptors (Lipinski definition) is 5. The van der Waals surface area contributed by atoms with Crippen LogP contribution in [0.5, 0.6) is 0 Å². The van der Waals surface area contributed by atoms with E-state index in [1.54, 1.807) is 0 Å². The second-order valence-corrected chi connectivity index (χ2v) is 5.82. The van der Waals surface area contributed by atoms with Crippen molar-refractivity contribution in [2.75, 3.05) is 13.2 Å². The van der Waals surface area contributed by atoms with Gasteiger partial charge in [0.1, 0.15) is 0 Å². The van der Waals surface area contributed by atoms with Crippen molar-refractivity contribution >= 4 is 19.5 Å². The van der Waals surface area contributed by atoms with Crippen LogP contribution in [-0.4, -0.2) is 40.6 Å². The summed E-state index contributed by atoms with van der Waals surface area (Å²) in [6, 6.07) is 0. The second-order valence-electron chi connectivity index (χ2n) is 3.86. The molecule has 0 amide bonds. The van der Waals surface area contributed by atoms with Crippen LogP contribution >= 0.6 is 7.60 Å². The molecule has 0 saturated heterocycles.